The number of aryl methyl sites for hydroxylation is 1. The first-order valence-electron chi connectivity index (χ1n) is 5.89. The molecular formula is C12H21N3O2. The van der Waals surface area contributed by atoms with Crippen molar-refractivity contribution in [3.8, 4) is 0 Å². The third-order valence-corrected chi connectivity index (χ3v) is 2.64. The van der Waals surface area contributed by atoms with Crippen molar-refractivity contribution in [3.63, 3.8) is 0 Å². The summed E-state index contributed by atoms with van der Waals surface area (Å²) in [7, 11) is 2.01. The summed E-state index contributed by atoms with van der Waals surface area (Å²) in [5.41, 5.74) is 6.22. The van der Waals surface area contributed by atoms with Gasteiger partial charge in [0.05, 0.1) is 0 Å². The second-order valence-corrected chi connectivity index (χ2v) is 4.23. The third kappa shape index (κ3) is 5.01. The Kier molecular flexibility index (Phi) is 5.72. The average molecular weight is 239 g/mol. The van der Waals surface area contributed by atoms with E-state index in [-0.39, 0.29) is 12.2 Å². The Balaban J connectivity index is 2.35. The van der Waals surface area contributed by atoms with E-state index >= 15 is 0 Å². The predicted molar refractivity (Wildman–Crippen MR) is 68.9 cm³/mol. The summed E-state index contributed by atoms with van der Waals surface area (Å²) in [6.07, 6.45) is 3.36. The molecule has 1 aromatic rings. The number of rotatable bonds is 7. The number of hydrogen-bond acceptors (Lipinski definition) is 4. The first-order chi connectivity index (χ1) is 8.13. The SMILES string of the molecule is CN(CCCO)CCCn1cc(N)ccc1=O. The number of anilines is 1. The van der Waals surface area contributed by atoms with E-state index in [1.807, 2.05) is 7.05 Å². The summed E-state index contributed by atoms with van der Waals surface area (Å²) in [6.45, 7) is 2.68. The van der Waals surface area contributed by atoms with Gasteiger partial charge >= 0.3 is 0 Å². The Morgan fingerprint density at radius 1 is 1.35 bits per heavy atom. The number of aromatic nitrogens is 1. The summed E-state index contributed by atoms with van der Waals surface area (Å²) in [5, 5.41) is 8.70. The van der Waals surface area contributed by atoms with Crippen molar-refractivity contribution in [3.05, 3.63) is 28.7 Å². The molecule has 1 heterocycles. The van der Waals surface area contributed by atoms with Crippen LogP contribution in [-0.4, -0.2) is 41.3 Å². The molecule has 0 unspecified atom stereocenters. The third-order valence-electron chi connectivity index (χ3n) is 2.64. The number of nitrogens with zero attached hydrogens (tertiary/aromatic N) is 2. The van der Waals surface area contributed by atoms with Crippen molar-refractivity contribution in [2.75, 3.05) is 32.5 Å². The van der Waals surface area contributed by atoms with Crippen LogP contribution in [-0.2, 0) is 6.54 Å². The van der Waals surface area contributed by atoms with E-state index in [2.05, 4.69) is 4.90 Å². The van der Waals surface area contributed by atoms with Crippen molar-refractivity contribution < 1.29 is 5.11 Å². The number of hydrogen-bond donors (Lipinski definition) is 2. The lowest BCUT2D eigenvalue weighted by Gasteiger charge is -2.16. The fourth-order valence-electron chi connectivity index (χ4n) is 1.69. The fourth-order valence-corrected chi connectivity index (χ4v) is 1.69. The zero-order chi connectivity index (χ0) is 12.7. The highest BCUT2D eigenvalue weighted by atomic mass is 16.3. The molecule has 0 aliphatic heterocycles. The van der Waals surface area contributed by atoms with Crippen LogP contribution in [0.3, 0.4) is 0 Å². The summed E-state index contributed by atoms with van der Waals surface area (Å²) in [5.74, 6) is 0. The summed E-state index contributed by atoms with van der Waals surface area (Å²) >= 11 is 0. The first kappa shape index (κ1) is 13.7. The highest BCUT2D eigenvalue weighted by molar-refractivity contribution is 5.33. The Bertz CT molecular complexity index is 390. The molecule has 0 amide bonds. The maximum Gasteiger partial charge on any atom is 0.250 e. The highest BCUT2D eigenvalue weighted by Gasteiger charge is 2.00. The van der Waals surface area contributed by atoms with Gasteiger partial charge in [0, 0.05) is 37.6 Å². The fraction of sp³-hybridized carbons (Fsp3) is 0.583. The molecule has 0 saturated carbocycles. The van der Waals surface area contributed by atoms with Crippen LogP contribution < -0.4 is 11.3 Å². The molecule has 0 aliphatic carbocycles. The average Bonchev–Trinajstić information content (AvgIpc) is 2.31. The molecule has 5 heteroatoms. The molecule has 1 rings (SSSR count). The van der Waals surface area contributed by atoms with Gasteiger partial charge in [-0.25, -0.2) is 0 Å². The summed E-state index contributed by atoms with van der Waals surface area (Å²) < 4.78 is 1.63. The first-order valence-corrected chi connectivity index (χ1v) is 5.89. The van der Waals surface area contributed by atoms with Gasteiger partial charge in [-0.2, -0.15) is 0 Å². The predicted octanol–water partition coefficient (Wildman–Crippen LogP) is 0.135. The monoisotopic (exact) mass is 239 g/mol. The standard InChI is InChI=1S/C12H21N3O2/c1-14(7-3-9-16)6-2-8-15-10-11(13)4-5-12(15)17/h4-5,10,16H,2-3,6-9,13H2,1H3. The summed E-state index contributed by atoms with van der Waals surface area (Å²) in [6, 6.07) is 3.11. The van der Waals surface area contributed by atoms with Crippen LogP contribution in [0.1, 0.15) is 12.8 Å². The molecule has 0 radical (unpaired) electrons. The van der Waals surface area contributed by atoms with Crippen LogP contribution in [0.4, 0.5) is 5.69 Å². The quantitative estimate of drug-likeness (QED) is 0.709. The lowest BCUT2D eigenvalue weighted by Crippen LogP contribution is -2.25. The molecular weight excluding hydrogens is 218 g/mol. The Morgan fingerprint density at radius 2 is 2.06 bits per heavy atom. The Hall–Kier alpha value is -1.33. The molecule has 96 valence electrons. The maximum atomic E-state index is 11.5. The summed E-state index contributed by atoms with van der Waals surface area (Å²) in [4.78, 5) is 13.6. The minimum absolute atomic E-state index is 0.0165. The van der Waals surface area contributed by atoms with Gasteiger partial charge in [-0.3, -0.25) is 4.79 Å². The molecule has 17 heavy (non-hydrogen) atoms. The van der Waals surface area contributed by atoms with Crippen molar-refractivity contribution in [2.45, 2.75) is 19.4 Å². The Morgan fingerprint density at radius 3 is 2.76 bits per heavy atom. The van der Waals surface area contributed by atoms with E-state index in [0.29, 0.717) is 12.2 Å². The number of nitrogens with two attached hydrogens (primary N) is 1. The zero-order valence-corrected chi connectivity index (χ0v) is 10.3. The molecule has 0 spiro atoms. The van der Waals surface area contributed by atoms with E-state index in [1.165, 1.54) is 6.07 Å². The molecule has 0 saturated heterocycles. The number of aliphatic hydroxyl groups is 1. The van der Waals surface area contributed by atoms with E-state index < -0.39 is 0 Å². The van der Waals surface area contributed by atoms with Gasteiger partial charge in [-0.05, 0) is 32.5 Å². The van der Waals surface area contributed by atoms with Gasteiger partial charge in [0.1, 0.15) is 0 Å². The lowest BCUT2D eigenvalue weighted by atomic mass is 10.3. The zero-order valence-electron chi connectivity index (χ0n) is 10.3. The normalized spacial score (nSPS) is 11.0. The van der Waals surface area contributed by atoms with Crippen molar-refractivity contribution in [1.29, 1.82) is 0 Å². The van der Waals surface area contributed by atoms with Gasteiger partial charge in [-0.15, -0.1) is 0 Å². The smallest absolute Gasteiger partial charge is 0.250 e. The molecule has 0 atom stereocenters. The molecule has 0 aliphatic rings. The highest BCUT2D eigenvalue weighted by Crippen LogP contribution is 1.98. The van der Waals surface area contributed by atoms with Crippen LogP contribution in [0.5, 0.6) is 0 Å². The lowest BCUT2D eigenvalue weighted by molar-refractivity contribution is 0.244. The van der Waals surface area contributed by atoms with Gasteiger partial charge in [0.15, 0.2) is 0 Å². The van der Waals surface area contributed by atoms with Gasteiger partial charge < -0.3 is 20.3 Å². The van der Waals surface area contributed by atoms with Crippen LogP contribution in [0, 0.1) is 0 Å². The van der Waals surface area contributed by atoms with Crippen LogP contribution >= 0.6 is 0 Å². The van der Waals surface area contributed by atoms with E-state index in [1.54, 1.807) is 16.8 Å². The van der Waals surface area contributed by atoms with E-state index in [4.69, 9.17) is 10.8 Å². The van der Waals surface area contributed by atoms with Gasteiger partial charge in [0.2, 0.25) is 0 Å². The van der Waals surface area contributed by atoms with Crippen molar-refractivity contribution in [2.24, 2.45) is 0 Å². The molecule has 5 nitrogen and oxygen atoms in total. The largest absolute Gasteiger partial charge is 0.398 e. The van der Waals surface area contributed by atoms with Crippen LogP contribution in [0.2, 0.25) is 0 Å². The molecule has 0 fully saturated rings. The number of pyridine rings is 1. The van der Waals surface area contributed by atoms with E-state index in [9.17, 15) is 4.79 Å². The molecule has 3 N–H and O–H groups in total. The Labute approximate surface area is 101 Å². The van der Waals surface area contributed by atoms with Crippen LogP contribution in [0.25, 0.3) is 0 Å². The molecule has 0 aromatic carbocycles. The van der Waals surface area contributed by atoms with E-state index in [0.717, 1.165) is 25.9 Å². The van der Waals surface area contributed by atoms with Gasteiger partial charge in [-0.1, -0.05) is 0 Å². The second-order valence-electron chi connectivity index (χ2n) is 4.23. The minimum Gasteiger partial charge on any atom is -0.398 e. The molecule has 1 aromatic heterocycles. The van der Waals surface area contributed by atoms with Gasteiger partial charge in [0.25, 0.3) is 5.56 Å². The topological polar surface area (TPSA) is 71.5 Å². The maximum absolute atomic E-state index is 11.5. The minimum atomic E-state index is -0.0165. The van der Waals surface area contributed by atoms with Crippen molar-refractivity contribution >= 4 is 5.69 Å². The second kappa shape index (κ2) is 7.09. The van der Waals surface area contributed by atoms with Crippen molar-refractivity contribution in [1.82, 2.24) is 9.47 Å². The number of nitrogen functional groups attached to an aromatic ring is 1. The molecule has 0 bridgehead atoms. The van der Waals surface area contributed by atoms with Crippen LogP contribution in [0.15, 0.2) is 23.1 Å². The number of aliphatic hydroxyl groups excluding tert-OH is 1.